The van der Waals surface area contributed by atoms with Crippen LogP contribution in [0.15, 0.2) is 30.3 Å². The maximum Gasteiger partial charge on any atom is 0.410 e. The highest BCUT2D eigenvalue weighted by Gasteiger charge is 2.48. The largest absolute Gasteiger partial charge is 0.410 e. The van der Waals surface area contributed by atoms with Crippen LogP contribution in [-0.4, -0.2) is 24.7 Å². The summed E-state index contributed by atoms with van der Waals surface area (Å²) >= 11 is 0. The number of piperazine rings is 1. The molecule has 0 saturated carbocycles. The van der Waals surface area contributed by atoms with Gasteiger partial charge in [0.15, 0.2) is 0 Å². The minimum Gasteiger partial charge on any atom is -0.342 e. The molecule has 2 rings (SSSR count). The van der Waals surface area contributed by atoms with Crippen molar-refractivity contribution in [1.82, 2.24) is 10.6 Å². The van der Waals surface area contributed by atoms with E-state index in [9.17, 15) is 18.0 Å². The number of amides is 1. The first kappa shape index (κ1) is 11.9. The molecule has 2 atom stereocenters. The van der Waals surface area contributed by atoms with Crippen LogP contribution in [0.1, 0.15) is 11.6 Å². The Morgan fingerprint density at radius 3 is 2.41 bits per heavy atom. The summed E-state index contributed by atoms with van der Waals surface area (Å²) in [5, 5.41) is 4.59. The van der Waals surface area contributed by atoms with Gasteiger partial charge in [-0.2, -0.15) is 13.2 Å². The molecule has 0 bridgehead atoms. The zero-order valence-electron chi connectivity index (χ0n) is 8.79. The predicted molar refractivity (Wildman–Crippen MR) is 55.2 cm³/mol. The van der Waals surface area contributed by atoms with Gasteiger partial charge in [-0.25, -0.2) is 0 Å². The highest BCUT2D eigenvalue weighted by Crippen LogP contribution is 2.31. The summed E-state index contributed by atoms with van der Waals surface area (Å²) in [6, 6.07) is 5.46. The number of nitrogens with one attached hydrogen (secondary N) is 2. The fourth-order valence-corrected chi connectivity index (χ4v) is 1.87. The van der Waals surface area contributed by atoms with Gasteiger partial charge in [0.25, 0.3) is 0 Å². The Hall–Kier alpha value is -1.56. The lowest BCUT2D eigenvalue weighted by molar-refractivity contribution is -0.172. The summed E-state index contributed by atoms with van der Waals surface area (Å²) in [7, 11) is 0. The number of rotatable bonds is 1. The fraction of sp³-hybridized carbons (Fsp3) is 0.364. The molecule has 1 aromatic rings. The molecule has 1 aromatic carbocycles. The van der Waals surface area contributed by atoms with Crippen LogP contribution >= 0.6 is 0 Å². The third-order valence-electron chi connectivity index (χ3n) is 2.64. The first-order valence-electron chi connectivity index (χ1n) is 5.13. The molecule has 1 aliphatic heterocycles. The van der Waals surface area contributed by atoms with Crippen LogP contribution in [0, 0.1) is 0 Å². The van der Waals surface area contributed by atoms with E-state index >= 15 is 0 Å². The van der Waals surface area contributed by atoms with E-state index in [4.69, 9.17) is 0 Å². The van der Waals surface area contributed by atoms with Crippen molar-refractivity contribution in [2.75, 3.05) is 6.54 Å². The molecule has 1 saturated heterocycles. The maximum absolute atomic E-state index is 12.8. The fourth-order valence-electron chi connectivity index (χ4n) is 1.87. The van der Waals surface area contributed by atoms with Gasteiger partial charge in [-0.05, 0) is 5.56 Å². The summed E-state index contributed by atoms with van der Waals surface area (Å²) in [6.07, 6.45) is -4.47. The molecular formula is C11H11F3N2O. The standard InChI is InChI=1S/C11H11F3N2O/c12-11(13,14)10-9(15-6-8(17)16-10)7-4-2-1-3-5-7/h1-5,9-10,15H,6H2,(H,16,17)/t9-,10-/m1/s1. The van der Waals surface area contributed by atoms with Crippen LogP contribution in [0.2, 0.25) is 0 Å². The third kappa shape index (κ3) is 2.58. The summed E-state index contributed by atoms with van der Waals surface area (Å²) in [4.78, 5) is 11.0. The van der Waals surface area contributed by atoms with Crippen molar-refractivity contribution in [2.45, 2.75) is 18.3 Å². The lowest BCUT2D eigenvalue weighted by atomic mass is 9.97. The van der Waals surface area contributed by atoms with E-state index in [1.165, 1.54) is 0 Å². The van der Waals surface area contributed by atoms with Crippen molar-refractivity contribution in [3.63, 3.8) is 0 Å². The molecule has 0 radical (unpaired) electrons. The van der Waals surface area contributed by atoms with Crippen LogP contribution in [-0.2, 0) is 4.79 Å². The molecule has 0 unspecified atom stereocenters. The molecule has 0 spiro atoms. The molecule has 17 heavy (non-hydrogen) atoms. The molecule has 1 heterocycles. The predicted octanol–water partition coefficient (Wildman–Crippen LogP) is 1.38. The van der Waals surface area contributed by atoms with Gasteiger partial charge in [0.05, 0.1) is 12.6 Å². The van der Waals surface area contributed by atoms with Crippen molar-refractivity contribution >= 4 is 5.91 Å². The summed E-state index contributed by atoms with van der Waals surface area (Å²) < 4.78 is 38.4. The molecule has 92 valence electrons. The number of hydrogen-bond donors (Lipinski definition) is 2. The van der Waals surface area contributed by atoms with Crippen molar-refractivity contribution in [2.24, 2.45) is 0 Å². The molecule has 3 nitrogen and oxygen atoms in total. The van der Waals surface area contributed by atoms with Crippen LogP contribution in [0.3, 0.4) is 0 Å². The Labute approximate surface area is 96.0 Å². The summed E-state index contributed by atoms with van der Waals surface area (Å²) in [5.74, 6) is -0.639. The summed E-state index contributed by atoms with van der Waals surface area (Å²) in [5.41, 5.74) is 0.509. The third-order valence-corrected chi connectivity index (χ3v) is 2.64. The van der Waals surface area contributed by atoms with Gasteiger partial charge in [-0.15, -0.1) is 0 Å². The average molecular weight is 244 g/mol. The number of carbonyl (C=O) groups excluding carboxylic acids is 1. The normalized spacial score (nSPS) is 25.5. The highest BCUT2D eigenvalue weighted by atomic mass is 19.4. The summed E-state index contributed by atoms with van der Waals surface area (Å²) in [6.45, 7) is -0.105. The van der Waals surface area contributed by atoms with Crippen LogP contribution < -0.4 is 10.6 Å². The van der Waals surface area contributed by atoms with E-state index in [2.05, 4.69) is 5.32 Å². The van der Waals surface area contributed by atoms with E-state index in [0.717, 1.165) is 0 Å². The van der Waals surface area contributed by atoms with Crippen molar-refractivity contribution in [3.8, 4) is 0 Å². The van der Waals surface area contributed by atoms with Crippen molar-refractivity contribution in [3.05, 3.63) is 35.9 Å². The van der Waals surface area contributed by atoms with Gasteiger partial charge in [-0.1, -0.05) is 30.3 Å². The van der Waals surface area contributed by atoms with Gasteiger partial charge in [0.2, 0.25) is 5.91 Å². The molecule has 0 aliphatic carbocycles. The van der Waals surface area contributed by atoms with E-state index in [1.807, 2.05) is 5.32 Å². The molecule has 1 aliphatic rings. The number of carbonyl (C=O) groups is 1. The Bertz CT molecular complexity index is 405. The molecule has 2 N–H and O–H groups in total. The monoisotopic (exact) mass is 244 g/mol. The number of benzene rings is 1. The Morgan fingerprint density at radius 2 is 1.82 bits per heavy atom. The van der Waals surface area contributed by atoms with Gasteiger partial charge < -0.3 is 5.32 Å². The zero-order chi connectivity index (χ0) is 12.5. The number of alkyl halides is 3. The van der Waals surface area contributed by atoms with E-state index in [-0.39, 0.29) is 6.54 Å². The second kappa shape index (κ2) is 4.37. The Kier molecular flexibility index (Phi) is 3.06. The quantitative estimate of drug-likeness (QED) is 0.783. The average Bonchev–Trinajstić information content (AvgIpc) is 2.29. The van der Waals surface area contributed by atoms with Gasteiger partial charge in [0.1, 0.15) is 6.04 Å². The van der Waals surface area contributed by atoms with Gasteiger partial charge >= 0.3 is 6.18 Å². The second-order valence-corrected chi connectivity index (χ2v) is 3.86. The minimum absolute atomic E-state index is 0.105. The van der Waals surface area contributed by atoms with E-state index < -0.39 is 24.2 Å². The molecule has 6 heteroatoms. The molecular weight excluding hydrogens is 233 g/mol. The topological polar surface area (TPSA) is 41.1 Å². The second-order valence-electron chi connectivity index (χ2n) is 3.86. The van der Waals surface area contributed by atoms with Crippen molar-refractivity contribution < 1.29 is 18.0 Å². The Morgan fingerprint density at radius 1 is 1.18 bits per heavy atom. The van der Waals surface area contributed by atoms with Gasteiger partial charge in [0, 0.05) is 0 Å². The number of halogens is 3. The van der Waals surface area contributed by atoms with Gasteiger partial charge in [-0.3, -0.25) is 10.1 Å². The lowest BCUT2D eigenvalue weighted by Gasteiger charge is -2.34. The zero-order valence-corrected chi connectivity index (χ0v) is 8.79. The maximum atomic E-state index is 12.8. The first-order chi connectivity index (χ1) is 7.98. The molecule has 0 aromatic heterocycles. The first-order valence-corrected chi connectivity index (χ1v) is 5.13. The SMILES string of the molecule is O=C1CN[C@H](c2ccccc2)[C@H](C(F)(F)F)N1. The van der Waals surface area contributed by atoms with Crippen LogP contribution in [0.4, 0.5) is 13.2 Å². The smallest absolute Gasteiger partial charge is 0.342 e. The number of hydrogen-bond acceptors (Lipinski definition) is 2. The molecule has 1 amide bonds. The molecule has 1 fully saturated rings. The van der Waals surface area contributed by atoms with Crippen LogP contribution in [0.25, 0.3) is 0 Å². The highest BCUT2D eigenvalue weighted by molar-refractivity contribution is 5.79. The minimum atomic E-state index is -4.47. The van der Waals surface area contributed by atoms with E-state index in [0.29, 0.717) is 5.56 Å². The van der Waals surface area contributed by atoms with Crippen molar-refractivity contribution in [1.29, 1.82) is 0 Å². The lowest BCUT2D eigenvalue weighted by Crippen LogP contribution is -2.59. The Balaban J connectivity index is 2.28. The van der Waals surface area contributed by atoms with Crippen LogP contribution in [0.5, 0.6) is 0 Å². The van der Waals surface area contributed by atoms with E-state index in [1.54, 1.807) is 30.3 Å².